The van der Waals surface area contributed by atoms with Crippen molar-refractivity contribution in [2.24, 2.45) is 0 Å². The molecule has 0 aliphatic heterocycles. The van der Waals surface area contributed by atoms with Crippen LogP contribution >= 0.6 is 0 Å². The summed E-state index contributed by atoms with van der Waals surface area (Å²) in [6.45, 7) is 20.0. The third-order valence-corrected chi connectivity index (χ3v) is 25.0. The zero-order valence-corrected chi connectivity index (χ0v) is 81.4. The van der Waals surface area contributed by atoms with E-state index in [9.17, 15) is 0 Å². The minimum atomic E-state index is 0.668. The fourth-order valence-electron chi connectivity index (χ4n) is 16.9. The van der Waals surface area contributed by atoms with E-state index in [1.54, 1.807) is 0 Å². The smallest absolute Gasteiger partial charge is 0.203 e. The van der Waals surface area contributed by atoms with Crippen molar-refractivity contribution in [1.82, 2.24) is 0 Å². The molecule has 0 atom stereocenters. The van der Waals surface area contributed by atoms with Crippen molar-refractivity contribution in [2.45, 2.75) is 434 Å². The van der Waals surface area contributed by atoms with E-state index in [-0.39, 0.29) is 0 Å². The Kier molecular flexibility index (Phi) is 63.7. The molecule has 0 aromatic heterocycles. The minimum Gasteiger partial charge on any atom is -0.490 e. The summed E-state index contributed by atoms with van der Waals surface area (Å²) in [5.41, 5.74) is 12.6. The van der Waals surface area contributed by atoms with Gasteiger partial charge >= 0.3 is 0 Å². The average Bonchev–Trinajstić information content (AvgIpc) is 0.826. The maximum absolute atomic E-state index is 6.80. The Morgan fingerprint density at radius 3 is 0.544 bits per heavy atom. The van der Waals surface area contributed by atoms with Crippen LogP contribution in [-0.2, 0) is 0 Å². The van der Waals surface area contributed by atoms with Crippen molar-refractivity contribution < 1.29 is 28.4 Å². The van der Waals surface area contributed by atoms with Gasteiger partial charge in [-0.05, 0) is 149 Å². The van der Waals surface area contributed by atoms with Gasteiger partial charge < -0.3 is 28.4 Å². The highest BCUT2D eigenvalue weighted by Crippen LogP contribution is 2.42. The molecule has 0 aliphatic rings. The molecule has 0 unspecified atom stereocenters. The normalized spacial score (nSPS) is 11.8. The van der Waals surface area contributed by atoms with E-state index in [4.69, 9.17) is 28.4 Å². The summed E-state index contributed by atoms with van der Waals surface area (Å²) < 4.78 is 40.8. The van der Waals surface area contributed by atoms with Crippen molar-refractivity contribution in [3.63, 3.8) is 0 Å². The second-order valence-corrected chi connectivity index (χ2v) is 36.7. The number of ether oxygens (including phenoxy) is 6. The van der Waals surface area contributed by atoms with Crippen molar-refractivity contribution >= 4 is 60.8 Å². The van der Waals surface area contributed by atoms with E-state index in [0.717, 1.165) is 123 Å². The van der Waals surface area contributed by atoms with Gasteiger partial charge in [-0.25, -0.2) is 0 Å². The Morgan fingerprint density at radius 2 is 0.336 bits per heavy atom. The molecule has 0 saturated heterocycles. The third-order valence-electron chi connectivity index (χ3n) is 25.0. The molecule has 6 heteroatoms. The van der Waals surface area contributed by atoms with Gasteiger partial charge in [0.25, 0.3) is 0 Å². The van der Waals surface area contributed by atoms with Crippen LogP contribution in [0.5, 0.6) is 34.5 Å². The lowest BCUT2D eigenvalue weighted by atomic mass is 10.0. The first-order valence-corrected chi connectivity index (χ1v) is 52.8. The van der Waals surface area contributed by atoms with Crippen LogP contribution < -0.4 is 28.4 Å². The molecule has 0 spiro atoms. The third kappa shape index (κ3) is 52.8. The summed E-state index contributed by atoms with van der Waals surface area (Å²) in [5.74, 6) is 4.79. The van der Waals surface area contributed by atoms with Gasteiger partial charge in [-0.1, -0.05) is 522 Å². The zero-order chi connectivity index (χ0) is 88.2. The molecule has 0 saturated carbocycles. The molecule has 6 aromatic rings. The lowest BCUT2D eigenvalue weighted by Gasteiger charge is -2.18. The first-order chi connectivity index (χ1) is 61.8. The van der Waals surface area contributed by atoms with Gasteiger partial charge in [0.15, 0.2) is 23.0 Å². The van der Waals surface area contributed by atoms with Gasteiger partial charge in [-0.15, -0.1) is 0 Å². The molecule has 0 heterocycles. The molecule has 0 radical (unpaired) electrons. The molecule has 694 valence electrons. The highest BCUT2D eigenvalue weighted by Gasteiger charge is 2.19. The highest BCUT2D eigenvalue weighted by molar-refractivity contribution is 5.81. The van der Waals surface area contributed by atoms with Crippen LogP contribution in [0, 0.1) is 6.92 Å². The van der Waals surface area contributed by atoms with E-state index in [1.807, 2.05) is 0 Å². The van der Waals surface area contributed by atoms with Crippen molar-refractivity contribution in [3.8, 4) is 34.5 Å². The van der Waals surface area contributed by atoms with Crippen LogP contribution in [0.3, 0.4) is 0 Å². The predicted octanol–water partition coefficient (Wildman–Crippen LogP) is 38.6. The number of hydrogen-bond donors (Lipinski definition) is 0. The fourth-order valence-corrected chi connectivity index (χ4v) is 16.9. The lowest BCUT2D eigenvalue weighted by Crippen LogP contribution is -2.07. The molecular formula is C119H182O6. The predicted molar refractivity (Wildman–Crippen MR) is 552 cm³/mol. The summed E-state index contributed by atoms with van der Waals surface area (Å²) in [7, 11) is 0. The van der Waals surface area contributed by atoms with Gasteiger partial charge in [0.2, 0.25) is 11.5 Å². The number of benzene rings is 6. The first-order valence-electron chi connectivity index (χ1n) is 52.8. The summed E-state index contributed by atoms with van der Waals surface area (Å²) >= 11 is 0. The van der Waals surface area contributed by atoms with Crippen LogP contribution in [0.2, 0.25) is 0 Å². The van der Waals surface area contributed by atoms with Gasteiger partial charge in [0.05, 0.1) is 39.6 Å². The average molecular weight is 1710 g/mol. The standard InChI is InChI=1S/C119H182O6/c1-8-14-20-26-32-38-44-50-56-64-90-120-114-99-111(100-115(121-91-65-57-51-45-39-33-27-21-15-9-2)118(114)124-94-68-60-54-48-42-36-30-24-18-12-5)86-82-106-76-72-104(73-77-106)80-84-108-96-109(98-110(97-108)88-89-113-71-63-62-70-103(113)7)85-81-105-74-78-107(79-75-105)83-87-112-101-116(122-92-66-58-52-46-40-34-28-22-16-10-3)119(125-95-69-61-55-49-43-37-31-25-19-13-6)117(102-112)123-93-67-59-53-47-41-35-29-23-17-11-4/h62-63,70-89,96-102H,8-61,64-69,90-95H2,1-7H3/b84-80+,85-81+,86-82+,87-83+,89-88+. The number of rotatable bonds is 82. The minimum absolute atomic E-state index is 0.668. The summed E-state index contributed by atoms with van der Waals surface area (Å²) in [6.07, 6.45) is 100. The van der Waals surface area contributed by atoms with E-state index in [2.05, 4.69) is 224 Å². The molecule has 125 heavy (non-hydrogen) atoms. The van der Waals surface area contributed by atoms with Gasteiger partial charge in [0, 0.05) is 0 Å². The van der Waals surface area contributed by atoms with Crippen LogP contribution in [0.1, 0.15) is 488 Å². The molecular weight excluding hydrogens is 1530 g/mol. The van der Waals surface area contributed by atoms with E-state index in [1.165, 1.54) is 358 Å². The Morgan fingerprint density at radius 1 is 0.168 bits per heavy atom. The molecule has 6 rings (SSSR count). The first kappa shape index (κ1) is 107. The monoisotopic (exact) mass is 1710 g/mol. The Labute approximate surface area is 768 Å². The van der Waals surface area contributed by atoms with Crippen LogP contribution in [0.4, 0.5) is 0 Å². The van der Waals surface area contributed by atoms with Crippen LogP contribution in [0.15, 0.2) is 115 Å². The Hall–Kier alpha value is -7.18. The van der Waals surface area contributed by atoms with E-state index < -0.39 is 0 Å². The Bertz CT molecular complexity index is 3410. The highest BCUT2D eigenvalue weighted by atomic mass is 16.5. The molecule has 0 fully saturated rings. The van der Waals surface area contributed by atoms with Gasteiger partial charge in [-0.2, -0.15) is 0 Å². The van der Waals surface area contributed by atoms with E-state index >= 15 is 0 Å². The molecule has 6 aromatic carbocycles. The second-order valence-electron chi connectivity index (χ2n) is 36.7. The van der Waals surface area contributed by atoms with Crippen molar-refractivity contribution in [2.75, 3.05) is 39.6 Å². The van der Waals surface area contributed by atoms with Crippen molar-refractivity contribution in [1.29, 1.82) is 0 Å². The fraction of sp³-hybridized carbons (Fsp3) is 0.613. The molecule has 6 nitrogen and oxygen atoms in total. The van der Waals surface area contributed by atoms with Crippen LogP contribution in [0.25, 0.3) is 60.8 Å². The largest absolute Gasteiger partial charge is 0.490 e. The number of unbranched alkanes of at least 4 members (excludes halogenated alkanes) is 54. The summed E-state index contributed by atoms with van der Waals surface area (Å²) in [6, 6.07) is 42.1. The SMILES string of the molecule is CCCCCCCCCCCCOc1cc(/C=C/c2ccc(/C=C/c3cc(/C=C/c4ccc(/C=C/c5cc(OCCCCCCCCCCCC)c(OCCCCCCCCCCCC)c(OCCCCCCCCCCCC)c5)cc4)cc(/C=C/c4ccccc4C)c3)cc2)cc(OCCCCCCCCCCCC)c1OCCCCCCCCCCCC. The maximum atomic E-state index is 6.80. The quantitative estimate of drug-likeness (QED) is 0.0280. The Balaban J connectivity index is 1.19. The van der Waals surface area contributed by atoms with Gasteiger partial charge in [-0.3, -0.25) is 0 Å². The number of hydrogen-bond acceptors (Lipinski definition) is 6. The zero-order valence-electron chi connectivity index (χ0n) is 81.4. The molecule has 0 N–H and O–H groups in total. The van der Waals surface area contributed by atoms with Gasteiger partial charge in [0.1, 0.15) is 0 Å². The molecule has 0 bridgehead atoms. The molecule has 0 aliphatic carbocycles. The topological polar surface area (TPSA) is 55.4 Å². The maximum Gasteiger partial charge on any atom is 0.203 e. The molecule has 0 amide bonds. The second kappa shape index (κ2) is 74.7. The summed E-state index contributed by atoms with van der Waals surface area (Å²) in [5, 5.41) is 0. The lowest BCUT2D eigenvalue weighted by molar-refractivity contribution is 0.234. The van der Waals surface area contributed by atoms with Crippen LogP contribution in [-0.4, -0.2) is 39.6 Å². The van der Waals surface area contributed by atoms with Crippen molar-refractivity contribution in [3.05, 3.63) is 176 Å². The summed E-state index contributed by atoms with van der Waals surface area (Å²) in [4.78, 5) is 0. The number of aryl methyl sites for hydroxylation is 1. The van der Waals surface area contributed by atoms with E-state index in [0.29, 0.717) is 39.6 Å².